The number of aromatic nitrogens is 1. The summed E-state index contributed by atoms with van der Waals surface area (Å²) in [5.41, 5.74) is 3.91. The molecular formula is C20H17NO4. The molecule has 0 radical (unpaired) electrons. The van der Waals surface area contributed by atoms with Crippen molar-refractivity contribution in [3.63, 3.8) is 0 Å². The monoisotopic (exact) mass is 335 g/mol. The Morgan fingerprint density at radius 3 is 2.60 bits per heavy atom. The van der Waals surface area contributed by atoms with E-state index in [1.54, 1.807) is 19.2 Å². The van der Waals surface area contributed by atoms with E-state index in [1.165, 1.54) is 5.56 Å². The average molecular weight is 335 g/mol. The zero-order chi connectivity index (χ0) is 17.0. The van der Waals surface area contributed by atoms with Gasteiger partial charge in [0.15, 0.2) is 11.5 Å². The highest BCUT2D eigenvalue weighted by Gasteiger charge is 2.28. The number of rotatable bonds is 2. The number of carbonyl (C=O) groups is 1. The molecule has 0 unspecified atom stereocenters. The standard InChI is InChI=1S/C20H17NO4/c1-23-13-7-5-12(6-8-13)20(22)21-16-4-2-3-14(16)15-9-18-19(10-17(15)21)25-11-24-18/h5-10H,2-4,11H2,1H3. The Kier molecular flexibility index (Phi) is 3.04. The van der Waals surface area contributed by atoms with Gasteiger partial charge in [-0.25, -0.2) is 0 Å². The summed E-state index contributed by atoms with van der Waals surface area (Å²) in [6, 6.07) is 11.2. The normalized spacial score (nSPS) is 14.8. The zero-order valence-electron chi connectivity index (χ0n) is 13.9. The van der Waals surface area contributed by atoms with Gasteiger partial charge < -0.3 is 14.2 Å². The first-order chi connectivity index (χ1) is 12.3. The molecule has 2 aliphatic rings. The van der Waals surface area contributed by atoms with E-state index in [9.17, 15) is 4.79 Å². The topological polar surface area (TPSA) is 49.7 Å². The number of fused-ring (bicyclic) bond motifs is 4. The molecule has 0 saturated heterocycles. The molecule has 0 N–H and O–H groups in total. The number of nitrogens with zero attached hydrogens (tertiary/aromatic N) is 1. The third-order valence-electron chi connectivity index (χ3n) is 5.06. The second-order valence-electron chi connectivity index (χ2n) is 6.37. The van der Waals surface area contributed by atoms with Gasteiger partial charge in [0.2, 0.25) is 6.79 Å². The van der Waals surface area contributed by atoms with Crippen molar-refractivity contribution >= 4 is 16.8 Å². The van der Waals surface area contributed by atoms with Crippen LogP contribution < -0.4 is 14.2 Å². The van der Waals surface area contributed by atoms with Crippen LogP contribution in [-0.2, 0) is 12.8 Å². The Morgan fingerprint density at radius 2 is 1.84 bits per heavy atom. The van der Waals surface area contributed by atoms with Gasteiger partial charge in [0.25, 0.3) is 5.91 Å². The van der Waals surface area contributed by atoms with Gasteiger partial charge in [-0.05, 0) is 55.2 Å². The minimum atomic E-state index is -0.0188. The highest BCUT2D eigenvalue weighted by molar-refractivity contribution is 6.05. The lowest BCUT2D eigenvalue weighted by atomic mass is 10.1. The Bertz CT molecular complexity index is 1000. The van der Waals surface area contributed by atoms with Crippen LogP contribution in [0.2, 0.25) is 0 Å². The zero-order valence-corrected chi connectivity index (χ0v) is 13.9. The van der Waals surface area contributed by atoms with E-state index in [1.807, 2.05) is 28.8 Å². The largest absolute Gasteiger partial charge is 0.497 e. The molecule has 0 amide bonds. The smallest absolute Gasteiger partial charge is 0.262 e. The molecule has 3 aromatic rings. The van der Waals surface area contributed by atoms with Gasteiger partial charge in [-0.1, -0.05) is 0 Å². The summed E-state index contributed by atoms with van der Waals surface area (Å²) in [5.74, 6) is 2.18. The third-order valence-corrected chi connectivity index (χ3v) is 5.06. The molecule has 5 heteroatoms. The van der Waals surface area contributed by atoms with Crippen molar-refractivity contribution in [3.05, 3.63) is 53.2 Å². The van der Waals surface area contributed by atoms with E-state index in [0.29, 0.717) is 11.3 Å². The number of benzene rings is 2. The van der Waals surface area contributed by atoms with Gasteiger partial charge in [-0.2, -0.15) is 0 Å². The molecule has 2 heterocycles. The maximum absolute atomic E-state index is 13.2. The van der Waals surface area contributed by atoms with E-state index in [0.717, 1.165) is 47.4 Å². The summed E-state index contributed by atoms with van der Waals surface area (Å²) in [7, 11) is 1.62. The lowest BCUT2D eigenvalue weighted by Crippen LogP contribution is -2.14. The van der Waals surface area contributed by atoms with Crippen LogP contribution in [0.25, 0.3) is 10.9 Å². The minimum Gasteiger partial charge on any atom is -0.497 e. The van der Waals surface area contributed by atoms with E-state index in [2.05, 4.69) is 0 Å². The highest BCUT2D eigenvalue weighted by Crippen LogP contribution is 2.41. The van der Waals surface area contributed by atoms with Crippen molar-refractivity contribution in [3.8, 4) is 17.2 Å². The number of ether oxygens (including phenoxy) is 3. The Labute approximate surface area is 144 Å². The lowest BCUT2D eigenvalue weighted by molar-refractivity contribution is 0.0962. The van der Waals surface area contributed by atoms with Crippen LogP contribution in [-0.4, -0.2) is 24.4 Å². The fraction of sp³-hybridized carbons (Fsp3) is 0.250. The van der Waals surface area contributed by atoms with E-state index < -0.39 is 0 Å². The SMILES string of the molecule is COc1ccc(C(=O)n2c3c(c4cc5c(cc42)OCO5)CCC3)cc1. The molecular weight excluding hydrogens is 318 g/mol. The number of carbonyl (C=O) groups excluding carboxylic acids is 1. The number of hydrogen-bond acceptors (Lipinski definition) is 4. The second kappa shape index (κ2) is 5.28. The molecule has 5 rings (SSSR count). The molecule has 0 atom stereocenters. The van der Waals surface area contributed by atoms with Gasteiger partial charge in [0.1, 0.15) is 5.75 Å². The summed E-state index contributed by atoms with van der Waals surface area (Å²) in [6.07, 6.45) is 2.98. The predicted molar refractivity (Wildman–Crippen MR) is 92.8 cm³/mol. The molecule has 5 nitrogen and oxygen atoms in total. The summed E-state index contributed by atoms with van der Waals surface area (Å²) in [5, 5.41) is 1.10. The van der Waals surface area contributed by atoms with Gasteiger partial charge in [0.05, 0.1) is 12.6 Å². The first-order valence-corrected chi connectivity index (χ1v) is 8.41. The lowest BCUT2D eigenvalue weighted by Gasteiger charge is -2.09. The van der Waals surface area contributed by atoms with Crippen LogP contribution in [0.4, 0.5) is 0 Å². The summed E-state index contributed by atoms with van der Waals surface area (Å²) in [4.78, 5) is 13.2. The van der Waals surface area contributed by atoms with Gasteiger partial charge in [-0.15, -0.1) is 0 Å². The summed E-state index contributed by atoms with van der Waals surface area (Å²) in [6.45, 7) is 0.233. The molecule has 0 fully saturated rings. The molecule has 1 aliphatic carbocycles. The minimum absolute atomic E-state index is 0.0188. The van der Waals surface area contributed by atoms with E-state index in [-0.39, 0.29) is 12.7 Å². The van der Waals surface area contributed by atoms with E-state index >= 15 is 0 Å². The first-order valence-electron chi connectivity index (χ1n) is 8.41. The molecule has 126 valence electrons. The first kappa shape index (κ1) is 14.4. The van der Waals surface area contributed by atoms with Crippen molar-refractivity contribution in [1.29, 1.82) is 0 Å². The van der Waals surface area contributed by atoms with Crippen LogP contribution in [0.15, 0.2) is 36.4 Å². The molecule has 0 saturated carbocycles. The van der Waals surface area contributed by atoms with E-state index in [4.69, 9.17) is 14.2 Å². The van der Waals surface area contributed by atoms with Crippen LogP contribution in [0.5, 0.6) is 17.2 Å². The average Bonchev–Trinajstić information content (AvgIpc) is 3.35. The fourth-order valence-electron chi connectivity index (χ4n) is 3.86. The summed E-state index contributed by atoms with van der Waals surface area (Å²) < 4.78 is 18.1. The molecule has 1 aliphatic heterocycles. The van der Waals surface area contributed by atoms with Crippen molar-refractivity contribution < 1.29 is 19.0 Å². The van der Waals surface area contributed by atoms with Crippen molar-refractivity contribution in [2.24, 2.45) is 0 Å². The maximum Gasteiger partial charge on any atom is 0.262 e. The Balaban J connectivity index is 1.70. The van der Waals surface area contributed by atoms with Gasteiger partial charge in [0, 0.05) is 22.7 Å². The second-order valence-corrected chi connectivity index (χ2v) is 6.37. The molecule has 0 spiro atoms. The van der Waals surface area contributed by atoms with Crippen molar-refractivity contribution in [2.75, 3.05) is 13.9 Å². The van der Waals surface area contributed by atoms with Crippen LogP contribution >= 0.6 is 0 Å². The maximum atomic E-state index is 13.2. The molecule has 25 heavy (non-hydrogen) atoms. The molecule has 1 aromatic heterocycles. The van der Waals surface area contributed by atoms with Gasteiger partial charge >= 0.3 is 0 Å². The van der Waals surface area contributed by atoms with Crippen molar-refractivity contribution in [2.45, 2.75) is 19.3 Å². The molecule has 0 bridgehead atoms. The number of hydrogen-bond donors (Lipinski definition) is 0. The third kappa shape index (κ3) is 2.05. The number of methoxy groups -OCH3 is 1. The van der Waals surface area contributed by atoms with Crippen LogP contribution in [0.1, 0.15) is 28.0 Å². The highest BCUT2D eigenvalue weighted by atomic mass is 16.7. The Hall–Kier alpha value is -2.95. The quantitative estimate of drug-likeness (QED) is 0.718. The number of aryl methyl sites for hydroxylation is 1. The van der Waals surface area contributed by atoms with Crippen molar-refractivity contribution in [1.82, 2.24) is 4.57 Å². The van der Waals surface area contributed by atoms with Gasteiger partial charge in [-0.3, -0.25) is 9.36 Å². The predicted octanol–water partition coefficient (Wildman–Crippen LogP) is 3.56. The Morgan fingerprint density at radius 1 is 1.08 bits per heavy atom. The van der Waals surface area contributed by atoms with Crippen LogP contribution in [0.3, 0.4) is 0 Å². The summed E-state index contributed by atoms with van der Waals surface area (Å²) >= 11 is 0. The molecule has 2 aromatic carbocycles. The van der Waals surface area contributed by atoms with Crippen LogP contribution in [0, 0.1) is 0 Å². The fourth-order valence-corrected chi connectivity index (χ4v) is 3.86.